The Bertz CT molecular complexity index is 1410. The fourth-order valence-electron chi connectivity index (χ4n) is 3.70. The maximum atomic E-state index is 13.2. The first-order valence-electron chi connectivity index (χ1n) is 10.6. The number of aliphatic hydroxyl groups is 1. The highest BCUT2D eigenvalue weighted by molar-refractivity contribution is 7.21. The van der Waals surface area contributed by atoms with E-state index in [0.717, 1.165) is 21.2 Å². The smallest absolute Gasteiger partial charge is 0.267 e. The average Bonchev–Trinajstić information content (AvgIpc) is 3.10. The van der Waals surface area contributed by atoms with Crippen molar-refractivity contribution in [2.45, 2.75) is 27.0 Å². The summed E-state index contributed by atoms with van der Waals surface area (Å²) in [5.41, 5.74) is 2.77. The number of carbonyl (C=O) groups excluding carboxylic acids is 2. The van der Waals surface area contributed by atoms with Gasteiger partial charge in [-0.2, -0.15) is 0 Å². The third kappa shape index (κ3) is 3.83. The van der Waals surface area contributed by atoms with Crippen molar-refractivity contribution in [3.8, 4) is 0 Å². The van der Waals surface area contributed by atoms with Gasteiger partial charge in [0.2, 0.25) is 0 Å². The standard InChI is InChI=1S/C24H22N2O4S/c1-13-21-16(12-30-3)7-8-17(14(2)28)23(21)31-22(13)24(29)26-20-10-9-18-15(11-27)5-4-6-19(18)25-20/h4-10,27H,11-12H2,1-3H3,(H,25,26,29)/i11D2. The van der Waals surface area contributed by atoms with Crippen molar-refractivity contribution in [3.63, 3.8) is 0 Å². The molecule has 0 aliphatic rings. The molecule has 1 amide bonds. The molecule has 4 aromatic rings. The monoisotopic (exact) mass is 436 g/mol. The van der Waals surface area contributed by atoms with Crippen LogP contribution in [0.15, 0.2) is 42.5 Å². The van der Waals surface area contributed by atoms with E-state index in [1.807, 2.05) is 13.0 Å². The lowest BCUT2D eigenvalue weighted by Gasteiger charge is -2.08. The number of methoxy groups -OCH3 is 1. The van der Waals surface area contributed by atoms with Crippen molar-refractivity contribution in [1.82, 2.24) is 4.98 Å². The molecule has 7 heteroatoms. The Labute approximate surface area is 186 Å². The quantitative estimate of drug-likeness (QED) is 0.422. The first-order chi connectivity index (χ1) is 15.6. The van der Waals surface area contributed by atoms with Crippen LogP contribution >= 0.6 is 11.3 Å². The average molecular weight is 437 g/mol. The van der Waals surface area contributed by atoms with Gasteiger partial charge >= 0.3 is 0 Å². The maximum absolute atomic E-state index is 13.2. The van der Waals surface area contributed by atoms with Crippen LogP contribution in [0.25, 0.3) is 21.0 Å². The molecule has 0 atom stereocenters. The van der Waals surface area contributed by atoms with E-state index in [4.69, 9.17) is 7.48 Å². The third-order valence-corrected chi connectivity index (χ3v) is 6.47. The third-order valence-electron chi connectivity index (χ3n) is 5.14. The molecule has 4 rings (SSSR count). The van der Waals surface area contributed by atoms with Gasteiger partial charge in [-0.15, -0.1) is 11.3 Å². The number of pyridine rings is 1. The molecule has 0 saturated carbocycles. The Balaban J connectivity index is 1.74. The first kappa shape index (κ1) is 18.6. The van der Waals surface area contributed by atoms with Crippen molar-refractivity contribution >= 4 is 49.8 Å². The molecule has 31 heavy (non-hydrogen) atoms. The number of nitrogens with zero attached hydrogens (tertiary/aromatic N) is 1. The lowest BCUT2D eigenvalue weighted by atomic mass is 10.0. The molecule has 0 aliphatic carbocycles. The molecule has 0 radical (unpaired) electrons. The van der Waals surface area contributed by atoms with E-state index in [-0.39, 0.29) is 17.3 Å². The minimum Gasteiger partial charge on any atom is -0.392 e. The maximum Gasteiger partial charge on any atom is 0.267 e. The number of Topliss-reactive ketones (excluding diaryl/α,β-unsaturated/α-hetero) is 1. The van der Waals surface area contributed by atoms with Crippen LogP contribution < -0.4 is 5.32 Å². The molecule has 158 valence electrons. The second-order valence-electron chi connectivity index (χ2n) is 7.16. The second kappa shape index (κ2) is 8.55. The van der Waals surface area contributed by atoms with E-state index in [2.05, 4.69) is 10.3 Å². The topological polar surface area (TPSA) is 88.5 Å². The summed E-state index contributed by atoms with van der Waals surface area (Å²) < 4.78 is 21.2. The van der Waals surface area contributed by atoms with Gasteiger partial charge < -0.3 is 15.2 Å². The summed E-state index contributed by atoms with van der Waals surface area (Å²) in [6.45, 7) is 1.20. The number of amides is 1. The lowest BCUT2D eigenvalue weighted by molar-refractivity contribution is 0.101. The Hall–Kier alpha value is -3.13. The Morgan fingerprint density at radius 1 is 1.19 bits per heavy atom. The number of hydrogen-bond acceptors (Lipinski definition) is 6. The summed E-state index contributed by atoms with van der Waals surface area (Å²) in [6.07, 6.45) is 0. The Kier molecular flexibility index (Phi) is 5.13. The summed E-state index contributed by atoms with van der Waals surface area (Å²) >= 11 is 1.26. The van der Waals surface area contributed by atoms with Crippen molar-refractivity contribution in [3.05, 3.63) is 69.6 Å². The van der Waals surface area contributed by atoms with Crippen LogP contribution in [0.1, 0.15) is 46.4 Å². The van der Waals surface area contributed by atoms with Crippen molar-refractivity contribution < 1.29 is 22.2 Å². The molecule has 0 saturated heterocycles. The van der Waals surface area contributed by atoms with Gasteiger partial charge in [-0.25, -0.2) is 4.98 Å². The molecule has 0 unspecified atom stereocenters. The SMILES string of the molecule is [2H]C([2H])(O)c1cccc2nc(NC(=O)c3sc4c(C(C)=O)ccc(COC)c4c3C)ccc12. The van der Waals surface area contributed by atoms with Crippen LogP contribution in [-0.4, -0.2) is 28.9 Å². The molecule has 2 aromatic heterocycles. The van der Waals surface area contributed by atoms with Gasteiger partial charge in [-0.3, -0.25) is 9.59 Å². The molecule has 0 bridgehead atoms. The number of ketones is 1. The minimum absolute atomic E-state index is 0.0760. The fraction of sp³-hybridized carbons (Fsp3) is 0.208. The number of ether oxygens (including phenoxy) is 1. The number of carbonyl (C=O) groups is 2. The van der Waals surface area contributed by atoms with E-state index in [9.17, 15) is 14.7 Å². The molecule has 2 N–H and O–H groups in total. The van der Waals surface area contributed by atoms with Crippen LogP contribution in [0.2, 0.25) is 0 Å². The number of benzene rings is 2. The van der Waals surface area contributed by atoms with Crippen LogP contribution in [-0.2, 0) is 17.9 Å². The van der Waals surface area contributed by atoms with Crippen LogP contribution in [0.3, 0.4) is 0 Å². The number of nitrogens with one attached hydrogen (secondary N) is 1. The number of thiophene rings is 1. The molecule has 0 aliphatic heterocycles. The molecule has 6 nitrogen and oxygen atoms in total. The number of anilines is 1. The molecule has 0 spiro atoms. The predicted octanol–water partition coefficient (Wildman–Crippen LogP) is 4.85. The van der Waals surface area contributed by atoms with Crippen LogP contribution in [0.4, 0.5) is 5.82 Å². The Morgan fingerprint density at radius 3 is 2.71 bits per heavy atom. The van der Waals surface area contributed by atoms with E-state index in [1.165, 1.54) is 24.3 Å². The summed E-state index contributed by atoms with van der Waals surface area (Å²) in [4.78, 5) is 30.2. The summed E-state index contributed by atoms with van der Waals surface area (Å²) in [6, 6.07) is 11.6. The van der Waals surface area contributed by atoms with Gasteiger partial charge in [-0.1, -0.05) is 18.2 Å². The zero-order valence-corrected chi connectivity index (χ0v) is 18.1. The van der Waals surface area contributed by atoms with E-state index < -0.39 is 6.56 Å². The molecule has 2 heterocycles. The van der Waals surface area contributed by atoms with Crippen molar-refractivity contribution in [2.24, 2.45) is 0 Å². The number of aromatic nitrogens is 1. The van der Waals surface area contributed by atoms with E-state index >= 15 is 0 Å². The predicted molar refractivity (Wildman–Crippen MR) is 123 cm³/mol. The summed E-state index contributed by atoms with van der Waals surface area (Å²) in [5, 5.41) is 13.9. The molecular formula is C24H22N2O4S. The normalized spacial score (nSPS) is 12.6. The Morgan fingerprint density at radius 2 is 2.00 bits per heavy atom. The van der Waals surface area contributed by atoms with Crippen molar-refractivity contribution in [2.75, 3.05) is 12.4 Å². The van der Waals surface area contributed by atoms with E-state index in [0.29, 0.717) is 33.8 Å². The fourth-order valence-corrected chi connectivity index (χ4v) is 5.01. The largest absolute Gasteiger partial charge is 0.392 e. The first-order valence-corrected chi connectivity index (χ1v) is 10.4. The number of rotatable bonds is 6. The van der Waals surface area contributed by atoms with Crippen LogP contribution in [0, 0.1) is 6.92 Å². The minimum atomic E-state index is -2.51. The van der Waals surface area contributed by atoms with Crippen LogP contribution in [0.5, 0.6) is 0 Å². The highest BCUT2D eigenvalue weighted by Gasteiger charge is 2.21. The highest BCUT2D eigenvalue weighted by Crippen LogP contribution is 2.37. The van der Waals surface area contributed by atoms with E-state index in [1.54, 1.807) is 37.4 Å². The second-order valence-corrected chi connectivity index (χ2v) is 8.18. The number of aryl methyl sites for hydroxylation is 1. The van der Waals surface area contributed by atoms with Gasteiger partial charge in [-0.05, 0) is 54.8 Å². The number of fused-ring (bicyclic) bond motifs is 2. The molecule has 0 fully saturated rings. The van der Waals surface area contributed by atoms with Gasteiger partial charge in [0.1, 0.15) is 5.82 Å². The number of hydrogen-bond donors (Lipinski definition) is 2. The van der Waals surface area contributed by atoms with Crippen molar-refractivity contribution in [1.29, 1.82) is 0 Å². The van der Waals surface area contributed by atoms with Gasteiger partial charge in [0.25, 0.3) is 5.91 Å². The van der Waals surface area contributed by atoms with Gasteiger partial charge in [0.15, 0.2) is 5.78 Å². The highest BCUT2D eigenvalue weighted by atomic mass is 32.1. The molecular weight excluding hydrogens is 412 g/mol. The molecule has 2 aromatic carbocycles. The zero-order valence-electron chi connectivity index (χ0n) is 19.3. The zero-order chi connectivity index (χ0) is 23.9. The lowest BCUT2D eigenvalue weighted by Crippen LogP contribution is -2.12. The summed E-state index contributed by atoms with van der Waals surface area (Å²) in [7, 11) is 1.60. The van der Waals surface area contributed by atoms with Gasteiger partial charge in [0.05, 0.1) is 26.3 Å². The summed E-state index contributed by atoms with van der Waals surface area (Å²) in [5.74, 6) is -0.135. The van der Waals surface area contributed by atoms with Gasteiger partial charge in [0, 0.05) is 28.1 Å².